The summed E-state index contributed by atoms with van der Waals surface area (Å²) in [5.74, 6) is -1.45. The highest BCUT2D eigenvalue weighted by atomic mass is 19.2. The highest BCUT2D eigenvalue weighted by molar-refractivity contribution is 5.63. The molecule has 0 unspecified atom stereocenters. The molecule has 3 aromatic rings. The van der Waals surface area contributed by atoms with E-state index in [2.05, 4.69) is 10.1 Å². The molecule has 20 heavy (non-hydrogen) atoms. The highest BCUT2D eigenvalue weighted by Gasteiger charge is 2.12. The van der Waals surface area contributed by atoms with Gasteiger partial charge in [-0.15, -0.1) is 0 Å². The monoisotopic (exact) mass is 273 g/mol. The van der Waals surface area contributed by atoms with Crippen LogP contribution in [-0.4, -0.2) is 10.1 Å². The van der Waals surface area contributed by atoms with E-state index in [0.29, 0.717) is 22.6 Å². The van der Waals surface area contributed by atoms with Crippen LogP contribution in [0, 0.1) is 11.6 Å². The van der Waals surface area contributed by atoms with Gasteiger partial charge in [0.05, 0.1) is 0 Å². The van der Waals surface area contributed by atoms with Crippen molar-refractivity contribution in [2.45, 2.75) is 0 Å². The summed E-state index contributed by atoms with van der Waals surface area (Å²) in [5.41, 5.74) is 7.24. The van der Waals surface area contributed by atoms with Gasteiger partial charge in [-0.2, -0.15) is 4.98 Å². The van der Waals surface area contributed by atoms with Crippen molar-refractivity contribution in [1.29, 1.82) is 0 Å². The minimum atomic E-state index is -0.966. The molecule has 0 radical (unpaired) electrons. The number of hydrogen-bond acceptors (Lipinski definition) is 4. The molecular formula is C14H9F2N3O. The second kappa shape index (κ2) is 4.73. The fourth-order valence-corrected chi connectivity index (χ4v) is 1.76. The van der Waals surface area contributed by atoms with Crippen LogP contribution < -0.4 is 5.73 Å². The number of nitrogens with two attached hydrogens (primary N) is 1. The van der Waals surface area contributed by atoms with E-state index in [-0.39, 0.29) is 5.89 Å². The summed E-state index contributed by atoms with van der Waals surface area (Å²) in [4.78, 5) is 4.14. The molecule has 4 nitrogen and oxygen atoms in total. The molecule has 1 heterocycles. The van der Waals surface area contributed by atoms with E-state index in [1.54, 1.807) is 24.3 Å². The first-order chi connectivity index (χ1) is 9.63. The molecular weight excluding hydrogens is 264 g/mol. The molecule has 3 rings (SSSR count). The van der Waals surface area contributed by atoms with Gasteiger partial charge in [-0.1, -0.05) is 17.3 Å². The van der Waals surface area contributed by atoms with Crippen molar-refractivity contribution in [2.75, 3.05) is 5.73 Å². The van der Waals surface area contributed by atoms with Crippen molar-refractivity contribution in [3.8, 4) is 22.8 Å². The highest BCUT2D eigenvalue weighted by Crippen LogP contribution is 2.24. The lowest BCUT2D eigenvalue weighted by molar-refractivity contribution is 0.431. The average Bonchev–Trinajstić information content (AvgIpc) is 2.92. The number of nitrogens with zero attached hydrogens (tertiary/aromatic N) is 2. The summed E-state index contributed by atoms with van der Waals surface area (Å²) in [7, 11) is 0. The second-order valence-corrected chi connectivity index (χ2v) is 4.18. The van der Waals surface area contributed by atoms with Crippen molar-refractivity contribution >= 4 is 5.69 Å². The van der Waals surface area contributed by atoms with E-state index < -0.39 is 11.6 Å². The standard InChI is InChI=1S/C14H9F2N3O/c15-11-5-4-9(7-12(11)16)14-18-13(19-20-14)8-2-1-3-10(17)6-8/h1-7H,17H2. The minimum absolute atomic E-state index is 0.112. The Kier molecular flexibility index (Phi) is 2.90. The lowest BCUT2D eigenvalue weighted by atomic mass is 10.2. The summed E-state index contributed by atoms with van der Waals surface area (Å²) in [6.07, 6.45) is 0. The number of anilines is 1. The quantitative estimate of drug-likeness (QED) is 0.728. The number of rotatable bonds is 2. The van der Waals surface area contributed by atoms with Crippen molar-refractivity contribution < 1.29 is 13.3 Å². The van der Waals surface area contributed by atoms with Crippen LogP contribution in [0.25, 0.3) is 22.8 Å². The maximum absolute atomic E-state index is 13.2. The molecule has 2 N–H and O–H groups in total. The Bertz CT molecular complexity index is 771. The van der Waals surface area contributed by atoms with Gasteiger partial charge in [0, 0.05) is 16.8 Å². The van der Waals surface area contributed by atoms with E-state index in [1.165, 1.54) is 6.07 Å². The normalized spacial score (nSPS) is 10.7. The van der Waals surface area contributed by atoms with Crippen LogP contribution in [0.3, 0.4) is 0 Å². The van der Waals surface area contributed by atoms with Gasteiger partial charge in [0.2, 0.25) is 5.82 Å². The molecule has 0 aliphatic carbocycles. The summed E-state index contributed by atoms with van der Waals surface area (Å²) >= 11 is 0. The molecule has 6 heteroatoms. The summed E-state index contributed by atoms with van der Waals surface area (Å²) < 4.78 is 31.1. The van der Waals surface area contributed by atoms with Gasteiger partial charge in [-0.3, -0.25) is 0 Å². The molecule has 2 aromatic carbocycles. The molecule has 0 saturated carbocycles. The van der Waals surface area contributed by atoms with Crippen LogP contribution in [0.2, 0.25) is 0 Å². The maximum Gasteiger partial charge on any atom is 0.258 e. The number of aromatic nitrogens is 2. The molecule has 0 atom stereocenters. The molecule has 100 valence electrons. The zero-order valence-electron chi connectivity index (χ0n) is 10.2. The van der Waals surface area contributed by atoms with E-state index in [4.69, 9.17) is 10.3 Å². The lowest BCUT2D eigenvalue weighted by Gasteiger charge is -1.96. The largest absolute Gasteiger partial charge is 0.399 e. The van der Waals surface area contributed by atoms with Gasteiger partial charge in [0.25, 0.3) is 5.89 Å². The second-order valence-electron chi connectivity index (χ2n) is 4.18. The number of hydrogen-bond donors (Lipinski definition) is 1. The first-order valence-electron chi connectivity index (χ1n) is 5.78. The van der Waals surface area contributed by atoms with Gasteiger partial charge in [0.1, 0.15) is 0 Å². The van der Waals surface area contributed by atoms with Crippen molar-refractivity contribution in [3.05, 3.63) is 54.1 Å². The minimum Gasteiger partial charge on any atom is -0.399 e. The first kappa shape index (κ1) is 12.3. The van der Waals surface area contributed by atoms with Gasteiger partial charge >= 0.3 is 0 Å². The third-order valence-corrected chi connectivity index (χ3v) is 2.74. The Morgan fingerprint density at radius 2 is 1.80 bits per heavy atom. The van der Waals surface area contributed by atoms with E-state index in [9.17, 15) is 8.78 Å². The van der Waals surface area contributed by atoms with Gasteiger partial charge in [0.15, 0.2) is 11.6 Å². The molecule has 0 spiro atoms. The van der Waals surface area contributed by atoms with Crippen LogP contribution in [0.1, 0.15) is 0 Å². The van der Waals surface area contributed by atoms with Crippen LogP contribution in [-0.2, 0) is 0 Å². The van der Waals surface area contributed by atoms with E-state index >= 15 is 0 Å². The Morgan fingerprint density at radius 1 is 0.950 bits per heavy atom. The van der Waals surface area contributed by atoms with E-state index in [0.717, 1.165) is 12.1 Å². The summed E-state index contributed by atoms with van der Waals surface area (Å²) in [6, 6.07) is 10.4. The molecule has 0 aliphatic heterocycles. The molecule has 0 fully saturated rings. The van der Waals surface area contributed by atoms with Crippen molar-refractivity contribution in [1.82, 2.24) is 10.1 Å². The molecule has 0 aliphatic rings. The fraction of sp³-hybridized carbons (Fsp3) is 0. The Hall–Kier alpha value is -2.76. The van der Waals surface area contributed by atoms with Crippen LogP contribution in [0.4, 0.5) is 14.5 Å². The summed E-state index contributed by atoms with van der Waals surface area (Å²) in [5, 5.41) is 3.80. The van der Waals surface area contributed by atoms with Gasteiger partial charge in [-0.25, -0.2) is 8.78 Å². The predicted molar refractivity (Wildman–Crippen MR) is 69.5 cm³/mol. The predicted octanol–water partition coefficient (Wildman–Crippen LogP) is 3.26. The smallest absolute Gasteiger partial charge is 0.258 e. The van der Waals surface area contributed by atoms with E-state index in [1.807, 2.05) is 0 Å². The number of halogens is 2. The molecule has 0 bridgehead atoms. The number of nitrogen functional groups attached to an aromatic ring is 1. The maximum atomic E-state index is 13.2. The Balaban J connectivity index is 1.99. The fourth-order valence-electron chi connectivity index (χ4n) is 1.76. The van der Waals surface area contributed by atoms with Crippen molar-refractivity contribution in [3.63, 3.8) is 0 Å². The number of benzene rings is 2. The first-order valence-corrected chi connectivity index (χ1v) is 5.78. The average molecular weight is 273 g/mol. The Morgan fingerprint density at radius 3 is 2.55 bits per heavy atom. The zero-order chi connectivity index (χ0) is 14.1. The SMILES string of the molecule is Nc1cccc(-c2noc(-c3ccc(F)c(F)c3)n2)c1. The topological polar surface area (TPSA) is 64.9 Å². The van der Waals surface area contributed by atoms with Gasteiger partial charge in [-0.05, 0) is 30.3 Å². The van der Waals surface area contributed by atoms with Crippen LogP contribution >= 0.6 is 0 Å². The van der Waals surface area contributed by atoms with Crippen LogP contribution in [0.5, 0.6) is 0 Å². The zero-order valence-corrected chi connectivity index (χ0v) is 10.2. The van der Waals surface area contributed by atoms with Crippen molar-refractivity contribution in [2.24, 2.45) is 0 Å². The molecule has 0 amide bonds. The lowest BCUT2D eigenvalue weighted by Crippen LogP contribution is -1.87. The summed E-state index contributed by atoms with van der Waals surface area (Å²) in [6.45, 7) is 0. The third-order valence-electron chi connectivity index (χ3n) is 2.74. The van der Waals surface area contributed by atoms with Gasteiger partial charge < -0.3 is 10.3 Å². The molecule has 1 aromatic heterocycles. The third kappa shape index (κ3) is 2.23. The molecule has 0 saturated heterocycles. The Labute approximate surface area is 112 Å². The van der Waals surface area contributed by atoms with Crippen LogP contribution in [0.15, 0.2) is 47.0 Å².